The molecule has 0 unspecified atom stereocenters. The molecule has 0 saturated carbocycles. The van der Waals surface area contributed by atoms with E-state index in [1.54, 1.807) is 17.2 Å². The highest BCUT2D eigenvalue weighted by Crippen LogP contribution is 2.08. The highest BCUT2D eigenvalue weighted by atomic mass is 16.2. The molecule has 1 N–H and O–H groups in total. The number of anilines is 1. The number of rotatable bonds is 8. The third-order valence-electron chi connectivity index (χ3n) is 3.14. The molecule has 1 aromatic heterocycles. The number of carbonyl (C=O) groups excluding carboxylic acids is 1. The van der Waals surface area contributed by atoms with Crippen LogP contribution in [0.5, 0.6) is 0 Å². The summed E-state index contributed by atoms with van der Waals surface area (Å²) in [5.74, 6) is -0.00541. The summed E-state index contributed by atoms with van der Waals surface area (Å²) >= 11 is 0. The SMILES string of the molecule is CCN(CC)C(=O)c1ccc(NCCCN(C)C)cn1. The molecule has 5 heteroatoms. The van der Waals surface area contributed by atoms with Gasteiger partial charge in [0.25, 0.3) is 5.91 Å². The molecule has 1 heterocycles. The third kappa shape index (κ3) is 5.17. The van der Waals surface area contributed by atoms with Crippen molar-refractivity contribution in [2.24, 2.45) is 0 Å². The lowest BCUT2D eigenvalue weighted by Crippen LogP contribution is -2.31. The standard InChI is InChI=1S/C15H26N4O/c1-5-19(6-2)15(20)14-9-8-13(12-17-14)16-10-7-11-18(3)4/h8-9,12,16H,5-7,10-11H2,1-4H3. The van der Waals surface area contributed by atoms with Gasteiger partial charge in [-0.05, 0) is 53.0 Å². The lowest BCUT2D eigenvalue weighted by atomic mass is 10.3. The molecule has 0 spiro atoms. The Balaban J connectivity index is 2.49. The maximum Gasteiger partial charge on any atom is 0.272 e. The predicted molar refractivity (Wildman–Crippen MR) is 83.1 cm³/mol. The Bertz CT molecular complexity index is 399. The average molecular weight is 278 g/mol. The Hall–Kier alpha value is -1.62. The van der Waals surface area contributed by atoms with Crippen molar-refractivity contribution < 1.29 is 4.79 Å². The summed E-state index contributed by atoms with van der Waals surface area (Å²) < 4.78 is 0. The van der Waals surface area contributed by atoms with E-state index in [4.69, 9.17) is 0 Å². The van der Waals surface area contributed by atoms with E-state index < -0.39 is 0 Å². The number of aromatic nitrogens is 1. The summed E-state index contributed by atoms with van der Waals surface area (Å²) in [5.41, 5.74) is 1.47. The van der Waals surface area contributed by atoms with E-state index in [2.05, 4.69) is 29.3 Å². The fraction of sp³-hybridized carbons (Fsp3) is 0.600. The van der Waals surface area contributed by atoms with Crippen LogP contribution in [0.3, 0.4) is 0 Å². The van der Waals surface area contributed by atoms with Crippen LogP contribution in [0.15, 0.2) is 18.3 Å². The highest BCUT2D eigenvalue weighted by Gasteiger charge is 2.13. The molecule has 0 atom stereocenters. The van der Waals surface area contributed by atoms with Crippen LogP contribution >= 0.6 is 0 Å². The molecule has 0 radical (unpaired) electrons. The van der Waals surface area contributed by atoms with E-state index >= 15 is 0 Å². The second-order valence-corrected chi connectivity index (χ2v) is 4.99. The third-order valence-corrected chi connectivity index (χ3v) is 3.14. The van der Waals surface area contributed by atoms with Gasteiger partial charge in [-0.2, -0.15) is 0 Å². The second kappa shape index (κ2) is 8.53. The van der Waals surface area contributed by atoms with Gasteiger partial charge in [-0.25, -0.2) is 4.98 Å². The fourth-order valence-electron chi connectivity index (χ4n) is 1.93. The van der Waals surface area contributed by atoms with Crippen LogP contribution in [0.25, 0.3) is 0 Å². The van der Waals surface area contributed by atoms with Gasteiger partial charge in [0.05, 0.1) is 11.9 Å². The number of hydrogen-bond donors (Lipinski definition) is 1. The van der Waals surface area contributed by atoms with Crippen LogP contribution in [-0.4, -0.2) is 61.0 Å². The maximum absolute atomic E-state index is 12.1. The number of pyridine rings is 1. The van der Waals surface area contributed by atoms with Crippen molar-refractivity contribution >= 4 is 11.6 Å². The molecule has 5 nitrogen and oxygen atoms in total. The molecule has 0 saturated heterocycles. The molecule has 20 heavy (non-hydrogen) atoms. The molecule has 0 aliphatic rings. The van der Waals surface area contributed by atoms with Gasteiger partial charge < -0.3 is 15.1 Å². The molecule has 0 aromatic carbocycles. The van der Waals surface area contributed by atoms with Gasteiger partial charge in [0, 0.05) is 19.6 Å². The minimum absolute atomic E-state index is 0.00541. The molecular formula is C15H26N4O. The van der Waals surface area contributed by atoms with Gasteiger partial charge in [-0.15, -0.1) is 0 Å². The van der Waals surface area contributed by atoms with Crippen molar-refractivity contribution in [3.63, 3.8) is 0 Å². The van der Waals surface area contributed by atoms with Crippen LogP contribution in [0.1, 0.15) is 30.8 Å². The van der Waals surface area contributed by atoms with Gasteiger partial charge in [-0.3, -0.25) is 4.79 Å². The first-order valence-corrected chi connectivity index (χ1v) is 7.22. The highest BCUT2D eigenvalue weighted by molar-refractivity contribution is 5.92. The zero-order valence-corrected chi connectivity index (χ0v) is 13.0. The molecule has 0 fully saturated rings. The summed E-state index contributed by atoms with van der Waals surface area (Å²) in [5, 5.41) is 3.31. The molecule has 0 bridgehead atoms. The van der Waals surface area contributed by atoms with Crippen LogP contribution in [-0.2, 0) is 0 Å². The second-order valence-electron chi connectivity index (χ2n) is 4.99. The monoisotopic (exact) mass is 278 g/mol. The van der Waals surface area contributed by atoms with Crippen LogP contribution < -0.4 is 5.32 Å². The number of amides is 1. The normalized spacial score (nSPS) is 10.7. The maximum atomic E-state index is 12.1. The summed E-state index contributed by atoms with van der Waals surface area (Å²) in [6, 6.07) is 3.70. The summed E-state index contributed by atoms with van der Waals surface area (Å²) in [7, 11) is 4.13. The van der Waals surface area contributed by atoms with Gasteiger partial charge in [0.15, 0.2) is 0 Å². The quantitative estimate of drug-likeness (QED) is 0.738. The van der Waals surface area contributed by atoms with Crippen molar-refractivity contribution in [3.8, 4) is 0 Å². The fourth-order valence-corrected chi connectivity index (χ4v) is 1.93. The van der Waals surface area contributed by atoms with Crippen LogP contribution in [0, 0.1) is 0 Å². The number of carbonyl (C=O) groups is 1. The first kappa shape index (κ1) is 16.4. The lowest BCUT2D eigenvalue weighted by molar-refractivity contribution is 0.0767. The minimum Gasteiger partial charge on any atom is -0.384 e. The van der Waals surface area contributed by atoms with Crippen molar-refractivity contribution in [2.75, 3.05) is 45.6 Å². The number of hydrogen-bond acceptors (Lipinski definition) is 4. The van der Waals surface area contributed by atoms with E-state index in [0.717, 1.165) is 25.2 Å². The Kier molecular flexibility index (Phi) is 7.01. The van der Waals surface area contributed by atoms with Crippen LogP contribution in [0.2, 0.25) is 0 Å². The van der Waals surface area contributed by atoms with Gasteiger partial charge in [0.2, 0.25) is 0 Å². The predicted octanol–water partition coefficient (Wildman–Crippen LogP) is 1.93. The van der Waals surface area contributed by atoms with E-state index in [-0.39, 0.29) is 5.91 Å². The van der Waals surface area contributed by atoms with E-state index in [1.807, 2.05) is 19.9 Å². The summed E-state index contributed by atoms with van der Waals surface area (Å²) in [6.07, 6.45) is 2.81. The van der Waals surface area contributed by atoms with Crippen molar-refractivity contribution in [2.45, 2.75) is 20.3 Å². The van der Waals surface area contributed by atoms with Crippen molar-refractivity contribution in [3.05, 3.63) is 24.0 Å². The Labute approximate surface area is 122 Å². The Morgan fingerprint density at radius 2 is 1.95 bits per heavy atom. The van der Waals surface area contributed by atoms with Gasteiger partial charge in [-0.1, -0.05) is 0 Å². The average Bonchev–Trinajstić information content (AvgIpc) is 2.45. The van der Waals surface area contributed by atoms with E-state index in [1.165, 1.54) is 0 Å². The van der Waals surface area contributed by atoms with Crippen molar-refractivity contribution in [1.82, 2.24) is 14.8 Å². The minimum atomic E-state index is -0.00541. The molecular weight excluding hydrogens is 252 g/mol. The Morgan fingerprint density at radius 1 is 1.25 bits per heavy atom. The van der Waals surface area contributed by atoms with Gasteiger partial charge in [0.1, 0.15) is 5.69 Å². The topological polar surface area (TPSA) is 48.5 Å². The molecule has 0 aliphatic carbocycles. The summed E-state index contributed by atoms with van der Waals surface area (Å²) in [4.78, 5) is 20.3. The number of nitrogens with zero attached hydrogens (tertiary/aromatic N) is 3. The first-order chi connectivity index (χ1) is 9.58. The van der Waals surface area contributed by atoms with Crippen LogP contribution in [0.4, 0.5) is 5.69 Å². The molecule has 0 aliphatic heterocycles. The molecule has 1 rings (SSSR count). The first-order valence-electron chi connectivity index (χ1n) is 7.22. The summed E-state index contributed by atoms with van der Waals surface area (Å²) in [6.45, 7) is 7.33. The van der Waals surface area contributed by atoms with E-state index in [9.17, 15) is 4.79 Å². The van der Waals surface area contributed by atoms with Gasteiger partial charge >= 0.3 is 0 Å². The lowest BCUT2D eigenvalue weighted by Gasteiger charge is -2.18. The zero-order valence-electron chi connectivity index (χ0n) is 13.0. The van der Waals surface area contributed by atoms with E-state index in [0.29, 0.717) is 18.8 Å². The zero-order chi connectivity index (χ0) is 15.0. The Morgan fingerprint density at radius 3 is 2.45 bits per heavy atom. The largest absolute Gasteiger partial charge is 0.384 e. The molecule has 1 aromatic rings. The smallest absolute Gasteiger partial charge is 0.272 e. The number of nitrogens with one attached hydrogen (secondary N) is 1. The molecule has 1 amide bonds. The van der Waals surface area contributed by atoms with Crippen molar-refractivity contribution in [1.29, 1.82) is 0 Å². The molecule has 112 valence electrons.